The summed E-state index contributed by atoms with van der Waals surface area (Å²) >= 11 is 0. The van der Waals surface area contributed by atoms with Gasteiger partial charge in [-0.1, -0.05) is 0 Å². The van der Waals surface area contributed by atoms with Crippen molar-refractivity contribution in [3.05, 3.63) is 77.9 Å². The highest BCUT2D eigenvalue weighted by Crippen LogP contribution is 2.36. The Morgan fingerprint density at radius 2 is 1.76 bits per heavy atom. The number of nitrogens with one attached hydrogen (secondary N) is 2. The van der Waals surface area contributed by atoms with Gasteiger partial charge in [-0.15, -0.1) is 0 Å². The Balaban J connectivity index is 0.000000156. The molecule has 5 aliphatic rings. The fraction of sp³-hybridized carbons (Fsp3) is 0.415. The Labute approximate surface area is 333 Å². The first-order valence-electron chi connectivity index (χ1n) is 19.8. The summed E-state index contributed by atoms with van der Waals surface area (Å²) in [6, 6.07) is 10.3. The summed E-state index contributed by atoms with van der Waals surface area (Å²) in [6.45, 7) is 5.48. The molecule has 0 bridgehead atoms. The van der Waals surface area contributed by atoms with E-state index < -0.39 is 23.8 Å². The normalized spacial score (nSPS) is 20.3. The van der Waals surface area contributed by atoms with Crippen molar-refractivity contribution >= 4 is 57.5 Å². The lowest BCUT2D eigenvalue weighted by atomic mass is 10.0. The average molecular weight is 789 g/mol. The Bertz CT molecular complexity index is 2430. The number of hydrogen-bond acceptors (Lipinski definition) is 12. The van der Waals surface area contributed by atoms with Crippen LogP contribution in [0.15, 0.2) is 61.2 Å². The summed E-state index contributed by atoms with van der Waals surface area (Å²) in [7, 11) is 2.16. The van der Waals surface area contributed by atoms with Crippen LogP contribution < -0.4 is 20.3 Å². The van der Waals surface area contributed by atoms with Gasteiger partial charge in [0.05, 0.1) is 54.4 Å². The smallest absolute Gasteiger partial charge is 0.262 e. The third-order valence-corrected chi connectivity index (χ3v) is 11.4. The van der Waals surface area contributed by atoms with E-state index in [1.165, 1.54) is 12.8 Å². The number of imide groups is 2. The predicted octanol–water partition coefficient (Wildman–Crippen LogP) is 3.31. The molecule has 1 unspecified atom stereocenters. The van der Waals surface area contributed by atoms with Crippen molar-refractivity contribution in [2.45, 2.75) is 50.6 Å². The van der Waals surface area contributed by atoms with Gasteiger partial charge in [-0.2, -0.15) is 10.2 Å². The van der Waals surface area contributed by atoms with Crippen LogP contribution in [0.25, 0.3) is 16.6 Å². The largest absolute Gasteiger partial charge is 0.491 e. The van der Waals surface area contributed by atoms with Crippen LogP contribution in [-0.4, -0.2) is 123 Å². The molecule has 3 aromatic heterocycles. The van der Waals surface area contributed by atoms with Crippen LogP contribution in [0.1, 0.15) is 75.6 Å². The van der Waals surface area contributed by atoms with Crippen LogP contribution in [0.5, 0.6) is 5.75 Å². The maximum absolute atomic E-state index is 13.1. The van der Waals surface area contributed by atoms with Crippen molar-refractivity contribution in [3.8, 4) is 5.75 Å². The Hall–Kier alpha value is -6.20. The predicted molar refractivity (Wildman–Crippen MR) is 211 cm³/mol. The fourth-order valence-corrected chi connectivity index (χ4v) is 7.88. The number of likely N-dealkylation sites (tertiary alicyclic amines) is 1. The number of hydrogen-bond donors (Lipinski definition) is 2. The van der Waals surface area contributed by atoms with Crippen molar-refractivity contribution in [1.82, 2.24) is 39.5 Å². The van der Waals surface area contributed by atoms with E-state index in [2.05, 4.69) is 48.4 Å². The maximum atomic E-state index is 13.1. The van der Waals surface area contributed by atoms with E-state index in [4.69, 9.17) is 14.6 Å². The summed E-state index contributed by atoms with van der Waals surface area (Å²) in [5.74, 6) is -0.952. The van der Waals surface area contributed by atoms with Gasteiger partial charge in [-0.25, -0.2) is 9.50 Å². The highest BCUT2D eigenvalue weighted by atomic mass is 16.5. The topological polar surface area (TPSA) is 186 Å². The molecular weight excluding hydrogens is 745 g/mol. The standard InChI is InChI=1S/C24H27N7O2.C17H17N3O5/c1-29-9-5-18(6-10-29)31-14-17-11-21(22(12-20(17)28-31)33-15-16-3-4-16)27-24(32)19-13-26-30-8-2-7-25-23(19)30;21-14-4-3-13(15(22)18-14)20-16(23)11-2-1-10(9-12(11)17(20)24)19-5-7-25-8-6-19/h2,7-8,11-14,16,18H,3-6,9-10,15H2,1H3,(H,27,32);1-2,9,13H,3-8H2,(H,18,21,22). The number of rotatable bonds is 8. The monoisotopic (exact) mass is 788 g/mol. The third kappa shape index (κ3) is 7.49. The highest BCUT2D eigenvalue weighted by Gasteiger charge is 2.44. The van der Waals surface area contributed by atoms with Crippen LogP contribution in [0.4, 0.5) is 11.4 Å². The zero-order valence-corrected chi connectivity index (χ0v) is 32.1. The van der Waals surface area contributed by atoms with Gasteiger partial charge in [0.15, 0.2) is 5.65 Å². The van der Waals surface area contributed by atoms with Crippen molar-refractivity contribution in [1.29, 1.82) is 0 Å². The van der Waals surface area contributed by atoms with Crippen molar-refractivity contribution < 1.29 is 33.4 Å². The minimum Gasteiger partial charge on any atom is -0.491 e. The van der Waals surface area contributed by atoms with E-state index in [0.29, 0.717) is 65.6 Å². The quantitative estimate of drug-likeness (QED) is 0.219. The molecule has 4 aliphatic heterocycles. The number of piperidine rings is 2. The number of anilines is 2. The summed E-state index contributed by atoms with van der Waals surface area (Å²) in [5, 5.41) is 15.3. The van der Waals surface area contributed by atoms with Gasteiger partial charge in [-0.05, 0) is 88.5 Å². The SMILES string of the molecule is CN1CCC(n2cc3cc(NC(=O)c4cnn5cccnc45)c(OCC4CC4)cc3n2)CC1.O=C1CCC(N2C(=O)c3ccc(N4CCOCC4)cc3C2=O)C(=O)N1. The van der Waals surface area contributed by atoms with Crippen LogP contribution in [-0.2, 0) is 14.3 Å². The lowest BCUT2D eigenvalue weighted by Crippen LogP contribution is -2.54. The third-order valence-electron chi connectivity index (χ3n) is 11.4. The van der Waals surface area contributed by atoms with Gasteiger partial charge in [-0.3, -0.25) is 38.9 Å². The van der Waals surface area contributed by atoms with Crippen molar-refractivity contribution in [3.63, 3.8) is 0 Å². The molecule has 0 spiro atoms. The van der Waals surface area contributed by atoms with E-state index in [9.17, 15) is 24.0 Å². The van der Waals surface area contributed by atoms with Crippen molar-refractivity contribution in [2.75, 3.05) is 63.3 Å². The molecule has 17 heteroatoms. The van der Waals surface area contributed by atoms with E-state index in [1.54, 1.807) is 41.3 Å². The minimum absolute atomic E-state index is 0.114. The molecule has 0 radical (unpaired) electrons. The molecule has 7 heterocycles. The van der Waals surface area contributed by atoms with Crippen LogP contribution >= 0.6 is 0 Å². The molecule has 10 rings (SSSR count). The van der Waals surface area contributed by atoms with E-state index >= 15 is 0 Å². The Morgan fingerprint density at radius 1 is 0.966 bits per heavy atom. The number of carbonyl (C=O) groups is 5. The molecule has 17 nitrogen and oxygen atoms in total. The second-order valence-electron chi connectivity index (χ2n) is 15.5. The van der Waals surface area contributed by atoms with E-state index in [-0.39, 0.29) is 24.7 Å². The van der Waals surface area contributed by atoms with Gasteiger partial charge >= 0.3 is 0 Å². The molecule has 3 saturated heterocycles. The lowest BCUT2D eigenvalue weighted by Gasteiger charge is -2.29. The van der Waals surface area contributed by atoms with Gasteiger partial charge in [0.2, 0.25) is 11.8 Å². The second kappa shape index (κ2) is 15.6. The zero-order valence-electron chi connectivity index (χ0n) is 32.1. The number of fused-ring (bicyclic) bond motifs is 3. The van der Waals surface area contributed by atoms with E-state index in [0.717, 1.165) is 60.5 Å². The molecule has 1 aliphatic carbocycles. The molecule has 4 fully saturated rings. The summed E-state index contributed by atoms with van der Waals surface area (Å²) in [4.78, 5) is 71.6. The number of benzene rings is 2. The average Bonchev–Trinajstić information content (AvgIpc) is 3.73. The molecular formula is C41H44N10O7. The van der Waals surface area contributed by atoms with Gasteiger partial charge in [0, 0.05) is 55.2 Å². The molecule has 5 aromatic rings. The molecule has 5 amide bonds. The first-order chi connectivity index (χ1) is 28.2. The maximum Gasteiger partial charge on any atom is 0.262 e. The Kier molecular flexibility index (Phi) is 10.1. The Morgan fingerprint density at radius 3 is 2.53 bits per heavy atom. The molecule has 300 valence electrons. The molecule has 1 saturated carbocycles. The van der Waals surface area contributed by atoms with Gasteiger partial charge in [0.1, 0.15) is 17.4 Å². The molecule has 2 aromatic carbocycles. The summed E-state index contributed by atoms with van der Waals surface area (Å²) < 4.78 is 15.1. The van der Waals surface area contributed by atoms with Crippen LogP contribution in [0, 0.1) is 5.92 Å². The second-order valence-corrected chi connectivity index (χ2v) is 15.5. The number of ether oxygens (including phenoxy) is 2. The minimum atomic E-state index is -0.933. The van der Waals surface area contributed by atoms with Crippen LogP contribution in [0.3, 0.4) is 0 Å². The van der Waals surface area contributed by atoms with Crippen LogP contribution in [0.2, 0.25) is 0 Å². The highest BCUT2D eigenvalue weighted by molar-refractivity contribution is 6.23. The molecule has 1 atom stereocenters. The summed E-state index contributed by atoms with van der Waals surface area (Å²) in [5.41, 5.74) is 3.93. The number of nitrogens with zero attached hydrogens (tertiary/aromatic N) is 8. The number of aromatic nitrogens is 5. The van der Waals surface area contributed by atoms with Gasteiger partial charge < -0.3 is 24.6 Å². The fourth-order valence-electron chi connectivity index (χ4n) is 7.88. The molecule has 2 N–H and O–H groups in total. The van der Waals surface area contributed by atoms with Crippen molar-refractivity contribution in [2.24, 2.45) is 5.92 Å². The first kappa shape index (κ1) is 37.4. The zero-order chi connectivity index (χ0) is 39.9. The number of amides is 5. The number of carbonyl (C=O) groups excluding carboxylic acids is 5. The lowest BCUT2D eigenvalue weighted by molar-refractivity contribution is -0.136. The summed E-state index contributed by atoms with van der Waals surface area (Å²) in [6.07, 6.45) is 11.9. The first-order valence-corrected chi connectivity index (χ1v) is 19.8. The van der Waals surface area contributed by atoms with Gasteiger partial charge in [0.25, 0.3) is 17.7 Å². The number of morpholine rings is 1. The van der Waals surface area contributed by atoms with E-state index in [1.807, 2.05) is 18.2 Å². The molecule has 58 heavy (non-hydrogen) atoms.